The summed E-state index contributed by atoms with van der Waals surface area (Å²) in [6.45, 7) is 0. The molecule has 0 saturated heterocycles. The third-order valence-corrected chi connectivity index (χ3v) is 3.62. The fourth-order valence-electron chi connectivity index (χ4n) is 1.85. The maximum atomic E-state index is 13.6. The van der Waals surface area contributed by atoms with Gasteiger partial charge >= 0.3 is 0 Å². The minimum atomic E-state index is -0.601. The highest BCUT2D eigenvalue weighted by Crippen LogP contribution is 2.22. The first-order valence-corrected chi connectivity index (χ1v) is 6.71. The lowest BCUT2D eigenvalue weighted by Crippen LogP contribution is -2.14. The lowest BCUT2D eigenvalue weighted by molar-refractivity contribution is 0.102. The number of nitrogens with zero attached hydrogens (tertiary/aromatic N) is 1. The maximum Gasteiger partial charge on any atom is 0.258 e. The summed E-state index contributed by atoms with van der Waals surface area (Å²) in [5.41, 5.74) is 9.02. The minimum Gasteiger partial charge on any atom is -0.399 e. The van der Waals surface area contributed by atoms with Crippen LogP contribution in [-0.2, 0) is 0 Å². The summed E-state index contributed by atoms with van der Waals surface area (Å²) in [5.74, 6) is -1.13. The van der Waals surface area contributed by atoms with Crippen LogP contribution in [0.25, 0.3) is 10.2 Å². The molecule has 0 atom stereocenters. The van der Waals surface area contributed by atoms with E-state index >= 15 is 0 Å². The van der Waals surface area contributed by atoms with Gasteiger partial charge in [-0.25, -0.2) is 9.37 Å². The van der Waals surface area contributed by atoms with Crippen LogP contribution in [0.2, 0.25) is 0 Å². The van der Waals surface area contributed by atoms with Crippen molar-refractivity contribution in [3.8, 4) is 0 Å². The van der Waals surface area contributed by atoms with Crippen molar-refractivity contribution in [2.24, 2.45) is 0 Å². The van der Waals surface area contributed by atoms with Gasteiger partial charge in [-0.15, -0.1) is 11.3 Å². The Labute approximate surface area is 118 Å². The van der Waals surface area contributed by atoms with E-state index in [4.69, 9.17) is 5.73 Å². The quantitative estimate of drug-likeness (QED) is 0.711. The predicted molar refractivity (Wildman–Crippen MR) is 78.4 cm³/mol. The number of hydrogen-bond donors (Lipinski definition) is 2. The molecule has 20 heavy (non-hydrogen) atoms. The number of anilines is 2. The van der Waals surface area contributed by atoms with E-state index in [1.165, 1.54) is 29.5 Å². The van der Waals surface area contributed by atoms with Crippen molar-refractivity contribution in [3.05, 3.63) is 53.3 Å². The number of aromatic nitrogens is 1. The third-order valence-electron chi connectivity index (χ3n) is 2.82. The van der Waals surface area contributed by atoms with Gasteiger partial charge in [0.15, 0.2) is 0 Å². The molecule has 0 fully saturated rings. The summed E-state index contributed by atoms with van der Waals surface area (Å²) in [5, 5.41) is 2.65. The average molecular weight is 287 g/mol. The Kier molecular flexibility index (Phi) is 3.08. The number of fused-ring (bicyclic) bond motifs is 1. The van der Waals surface area contributed by atoms with Gasteiger partial charge in [0.05, 0.1) is 21.3 Å². The van der Waals surface area contributed by atoms with Crippen molar-refractivity contribution in [2.75, 3.05) is 11.1 Å². The molecule has 3 rings (SSSR count). The molecule has 2 aromatic carbocycles. The Balaban J connectivity index is 1.89. The van der Waals surface area contributed by atoms with Crippen molar-refractivity contribution >= 4 is 38.8 Å². The first-order valence-electron chi connectivity index (χ1n) is 5.83. The van der Waals surface area contributed by atoms with Crippen LogP contribution < -0.4 is 11.1 Å². The van der Waals surface area contributed by atoms with Crippen LogP contribution in [-0.4, -0.2) is 10.9 Å². The normalized spacial score (nSPS) is 10.7. The van der Waals surface area contributed by atoms with Crippen LogP contribution in [0.4, 0.5) is 15.8 Å². The van der Waals surface area contributed by atoms with Gasteiger partial charge in [-0.05, 0) is 36.4 Å². The van der Waals surface area contributed by atoms with Gasteiger partial charge in [-0.1, -0.05) is 0 Å². The molecule has 0 unspecified atom stereocenters. The van der Waals surface area contributed by atoms with Crippen LogP contribution in [0, 0.1) is 5.82 Å². The molecule has 6 heteroatoms. The van der Waals surface area contributed by atoms with Crippen LogP contribution in [0.15, 0.2) is 41.9 Å². The SMILES string of the molecule is Nc1ccc(F)c(C(=O)Nc2ccc3ncsc3c2)c1. The van der Waals surface area contributed by atoms with Crippen molar-refractivity contribution < 1.29 is 9.18 Å². The standard InChI is InChI=1S/C14H10FN3OS/c15-11-3-1-8(16)5-10(11)14(19)18-9-2-4-12-13(6-9)20-7-17-12/h1-7H,16H2,(H,18,19). The van der Waals surface area contributed by atoms with Crippen LogP contribution in [0.3, 0.4) is 0 Å². The number of nitrogens with two attached hydrogens (primary N) is 1. The molecule has 1 amide bonds. The third kappa shape index (κ3) is 2.33. The molecule has 0 saturated carbocycles. The molecule has 3 N–H and O–H groups in total. The molecule has 0 bridgehead atoms. The smallest absolute Gasteiger partial charge is 0.258 e. The van der Waals surface area contributed by atoms with Crippen molar-refractivity contribution in [1.29, 1.82) is 0 Å². The van der Waals surface area contributed by atoms with Gasteiger partial charge in [-0.3, -0.25) is 4.79 Å². The Morgan fingerprint density at radius 3 is 2.95 bits per heavy atom. The van der Waals surface area contributed by atoms with Gasteiger partial charge in [-0.2, -0.15) is 0 Å². The molecular weight excluding hydrogens is 277 g/mol. The second-order valence-corrected chi connectivity index (χ2v) is 5.11. The maximum absolute atomic E-state index is 13.6. The second kappa shape index (κ2) is 4.90. The number of carbonyl (C=O) groups excluding carboxylic acids is 1. The van der Waals surface area contributed by atoms with Gasteiger partial charge in [0.1, 0.15) is 5.82 Å². The number of nitrogen functional groups attached to an aromatic ring is 1. The highest BCUT2D eigenvalue weighted by atomic mass is 32.1. The largest absolute Gasteiger partial charge is 0.399 e. The number of benzene rings is 2. The second-order valence-electron chi connectivity index (χ2n) is 4.23. The topological polar surface area (TPSA) is 68.0 Å². The molecule has 0 aliphatic rings. The highest BCUT2D eigenvalue weighted by Gasteiger charge is 2.12. The molecule has 1 aromatic heterocycles. The monoisotopic (exact) mass is 287 g/mol. The van der Waals surface area contributed by atoms with E-state index in [2.05, 4.69) is 10.3 Å². The van der Waals surface area contributed by atoms with E-state index < -0.39 is 11.7 Å². The fraction of sp³-hybridized carbons (Fsp3) is 0. The summed E-state index contributed by atoms with van der Waals surface area (Å²) in [7, 11) is 0. The molecule has 0 aliphatic heterocycles. The van der Waals surface area contributed by atoms with Crippen molar-refractivity contribution in [3.63, 3.8) is 0 Å². The molecule has 100 valence electrons. The Bertz CT molecular complexity index is 800. The molecular formula is C14H10FN3OS. The summed E-state index contributed by atoms with van der Waals surface area (Å²) in [6.07, 6.45) is 0. The Morgan fingerprint density at radius 2 is 2.10 bits per heavy atom. The van der Waals surface area contributed by atoms with E-state index in [1.54, 1.807) is 23.7 Å². The van der Waals surface area contributed by atoms with Gasteiger partial charge in [0, 0.05) is 11.4 Å². The lowest BCUT2D eigenvalue weighted by atomic mass is 10.1. The van der Waals surface area contributed by atoms with Crippen molar-refractivity contribution in [2.45, 2.75) is 0 Å². The van der Waals surface area contributed by atoms with E-state index in [9.17, 15) is 9.18 Å². The number of rotatable bonds is 2. The number of halogens is 1. The number of amides is 1. The molecule has 0 spiro atoms. The van der Waals surface area contributed by atoms with E-state index in [0.29, 0.717) is 11.4 Å². The van der Waals surface area contributed by atoms with E-state index in [0.717, 1.165) is 10.2 Å². The Morgan fingerprint density at radius 1 is 1.25 bits per heavy atom. The average Bonchev–Trinajstić information content (AvgIpc) is 2.89. The minimum absolute atomic E-state index is 0.0746. The predicted octanol–water partition coefficient (Wildman–Crippen LogP) is 3.27. The number of nitrogens with one attached hydrogen (secondary N) is 1. The molecule has 4 nitrogen and oxygen atoms in total. The number of hydrogen-bond acceptors (Lipinski definition) is 4. The van der Waals surface area contributed by atoms with Gasteiger partial charge in [0.2, 0.25) is 0 Å². The first kappa shape index (κ1) is 12.6. The van der Waals surface area contributed by atoms with Crippen molar-refractivity contribution in [1.82, 2.24) is 4.98 Å². The number of thiazole rings is 1. The molecule has 1 heterocycles. The molecule has 3 aromatic rings. The summed E-state index contributed by atoms with van der Waals surface area (Å²) < 4.78 is 14.6. The summed E-state index contributed by atoms with van der Waals surface area (Å²) in [6, 6.07) is 9.23. The lowest BCUT2D eigenvalue weighted by Gasteiger charge is -2.07. The van der Waals surface area contributed by atoms with Gasteiger partial charge < -0.3 is 11.1 Å². The molecule has 0 radical (unpaired) electrons. The Hall–Kier alpha value is -2.47. The first-order chi connectivity index (χ1) is 9.63. The number of carbonyl (C=O) groups is 1. The molecule has 0 aliphatic carbocycles. The van der Waals surface area contributed by atoms with Crippen LogP contribution in [0.5, 0.6) is 0 Å². The zero-order valence-corrected chi connectivity index (χ0v) is 11.1. The summed E-state index contributed by atoms with van der Waals surface area (Å²) in [4.78, 5) is 16.2. The van der Waals surface area contributed by atoms with Crippen LogP contribution in [0.1, 0.15) is 10.4 Å². The van der Waals surface area contributed by atoms with Gasteiger partial charge in [0.25, 0.3) is 5.91 Å². The van der Waals surface area contributed by atoms with E-state index in [-0.39, 0.29) is 5.56 Å². The highest BCUT2D eigenvalue weighted by molar-refractivity contribution is 7.16. The van der Waals surface area contributed by atoms with E-state index in [1.807, 2.05) is 0 Å². The zero-order valence-electron chi connectivity index (χ0n) is 10.3. The van der Waals surface area contributed by atoms with Crippen LogP contribution >= 0.6 is 11.3 Å². The zero-order chi connectivity index (χ0) is 14.1. The fourth-order valence-corrected chi connectivity index (χ4v) is 2.56. The summed E-state index contributed by atoms with van der Waals surface area (Å²) >= 11 is 1.47.